The number of para-hydroxylation sites is 2. The Labute approximate surface area is 96.6 Å². The van der Waals surface area contributed by atoms with Crippen molar-refractivity contribution in [2.75, 3.05) is 24.6 Å². The van der Waals surface area contributed by atoms with E-state index >= 15 is 0 Å². The lowest BCUT2D eigenvalue weighted by atomic mass is 10.1. The molecule has 1 aromatic carbocycles. The third kappa shape index (κ3) is 2.30. The predicted molar refractivity (Wildman–Crippen MR) is 65.0 cm³/mol. The summed E-state index contributed by atoms with van der Waals surface area (Å²) in [4.78, 5) is 2.30. The lowest BCUT2D eigenvalue weighted by Crippen LogP contribution is -2.43. The van der Waals surface area contributed by atoms with Gasteiger partial charge in [0.25, 0.3) is 0 Å². The highest BCUT2D eigenvalue weighted by molar-refractivity contribution is 5.60. The van der Waals surface area contributed by atoms with Gasteiger partial charge in [0.1, 0.15) is 11.9 Å². The molecule has 1 aliphatic rings. The van der Waals surface area contributed by atoms with Crippen molar-refractivity contribution in [1.29, 1.82) is 0 Å². The number of aliphatic hydroxyl groups excluding tert-OH is 1. The van der Waals surface area contributed by atoms with Crippen LogP contribution in [0.4, 0.5) is 5.69 Å². The molecule has 0 saturated carbocycles. The van der Waals surface area contributed by atoms with Crippen LogP contribution in [0.3, 0.4) is 0 Å². The number of hydrogen-bond acceptors (Lipinski definition) is 3. The Morgan fingerprint density at radius 3 is 2.88 bits per heavy atom. The van der Waals surface area contributed by atoms with Crippen molar-refractivity contribution >= 4 is 5.69 Å². The molecule has 0 bridgehead atoms. The van der Waals surface area contributed by atoms with E-state index in [0.29, 0.717) is 5.92 Å². The number of ether oxygens (including phenoxy) is 1. The summed E-state index contributed by atoms with van der Waals surface area (Å²) in [5, 5.41) is 9.22. The Morgan fingerprint density at radius 2 is 2.19 bits per heavy atom. The normalized spacial score (nSPS) is 19.5. The molecule has 1 heterocycles. The van der Waals surface area contributed by atoms with Crippen LogP contribution in [0.5, 0.6) is 5.75 Å². The predicted octanol–water partition coefficient (Wildman–Crippen LogP) is 1.90. The number of hydrogen-bond donors (Lipinski definition) is 1. The summed E-state index contributed by atoms with van der Waals surface area (Å²) in [7, 11) is 0. The van der Waals surface area contributed by atoms with Gasteiger partial charge < -0.3 is 14.7 Å². The van der Waals surface area contributed by atoms with Crippen molar-refractivity contribution in [3.63, 3.8) is 0 Å². The van der Waals surface area contributed by atoms with E-state index in [1.54, 1.807) is 0 Å². The van der Waals surface area contributed by atoms with Crippen LogP contribution in [0.15, 0.2) is 24.3 Å². The standard InChI is InChI=1S/C13H19NO2/c1-10(2)7-14-8-11(9-15)16-13-6-4-3-5-12(13)14/h3-6,10-11,15H,7-9H2,1-2H3. The average Bonchev–Trinajstić information content (AvgIpc) is 2.28. The largest absolute Gasteiger partial charge is 0.484 e. The first-order valence-corrected chi connectivity index (χ1v) is 5.82. The van der Waals surface area contributed by atoms with Crippen molar-refractivity contribution in [3.8, 4) is 5.75 Å². The average molecular weight is 221 g/mol. The molecule has 0 aromatic heterocycles. The number of aliphatic hydroxyl groups is 1. The van der Waals surface area contributed by atoms with Gasteiger partial charge in [-0.25, -0.2) is 0 Å². The van der Waals surface area contributed by atoms with Crippen LogP contribution in [-0.2, 0) is 0 Å². The van der Waals surface area contributed by atoms with Gasteiger partial charge in [-0.15, -0.1) is 0 Å². The molecular formula is C13H19NO2. The highest BCUT2D eigenvalue weighted by Gasteiger charge is 2.24. The summed E-state index contributed by atoms with van der Waals surface area (Å²) >= 11 is 0. The number of anilines is 1. The van der Waals surface area contributed by atoms with Crippen molar-refractivity contribution in [3.05, 3.63) is 24.3 Å². The van der Waals surface area contributed by atoms with Gasteiger partial charge in [0, 0.05) is 6.54 Å². The number of nitrogens with zero attached hydrogens (tertiary/aromatic N) is 1. The molecule has 0 fully saturated rings. The van der Waals surface area contributed by atoms with Gasteiger partial charge in [-0.2, -0.15) is 0 Å². The zero-order valence-corrected chi connectivity index (χ0v) is 9.89. The van der Waals surface area contributed by atoms with Gasteiger partial charge in [-0.3, -0.25) is 0 Å². The monoisotopic (exact) mass is 221 g/mol. The van der Waals surface area contributed by atoms with Crippen LogP contribution in [0.1, 0.15) is 13.8 Å². The molecule has 0 aliphatic carbocycles. The van der Waals surface area contributed by atoms with E-state index in [1.165, 1.54) is 0 Å². The topological polar surface area (TPSA) is 32.7 Å². The first-order valence-electron chi connectivity index (χ1n) is 5.82. The molecule has 3 heteroatoms. The molecule has 0 radical (unpaired) electrons. The van der Waals surface area contributed by atoms with Crippen LogP contribution < -0.4 is 9.64 Å². The second kappa shape index (κ2) is 4.74. The first kappa shape index (κ1) is 11.3. The third-order valence-electron chi connectivity index (χ3n) is 2.71. The second-order valence-electron chi connectivity index (χ2n) is 4.69. The van der Waals surface area contributed by atoms with Crippen LogP contribution in [0, 0.1) is 5.92 Å². The fourth-order valence-electron chi connectivity index (χ4n) is 2.09. The van der Waals surface area contributed by atoms with Gasteiger partial charge in [-0.05, 0) is 18.1 Å². The van der Waals surface area contributed by atoms with Crippen LogP contribution in [-0.4, -0.2) is 30.9 Å². The molecule has 2 rings (SSSR count). The van der Waals surface area contributed by atoms with Crippen LogP contribution in [0.2, 0.25) is 0 Å². The van der Waals surface area contributed by atoms with Gasteiger partial charge in [-0.1, -0.05) is 26.0 Å². The Balaban J connectivity index is 2.24. The summed E-state index contributed by atoms with van der Waals surface area (Å²) in [5.41, 5.74) is 1.14. The quantitative estimate of drug-likeness (QED) is 0.846. The Morgan fingerprint density at radius 1 is 1.44 bits per heavy atom. The third-order valence-corrected chi connectivity index (χ3v) is 2.71. The lowest BCUT2D eigenvalue weighted by molar-refractivity contribution is 0.111. The van der Waals surface area contributed by atoms with Crippen LogP contribution in [0.25, 0.3) is 0 Å². The van der Waals surface area contributed by atoms with Crippen molar-refractivity contribution in [1.82, 2.24) is 0 Å². The molecule has 1 aliphatic heterocycles. The second-order valence-corrected chi connectivity index (χ2v) is 4.69. The summed E-state index contributed by atoms with van der Waals surface area (Å²) < 4.78 is 5.70. The summed E-state index contributed by atoms with van der Waals surface area (Å²) in [6.45, 7) is 6.24. The van der Waals surface area contributed by atoms with Crippen molar-refractivity contribution < 1.29 is 9.84 Å². The highest BCUT2D eigenvalue weighted by Crippen LogP contribution is 2.33. The molecule has 16 heavy (non-hydrogen) atoms. The van der Waals surface area contributed by atoms with E-state index in [0.717, 1.165) is 24.5 Å². The van der Waals surface area contributed by atoms with E-state index in [4.69, 9.17) is 4.74 Å². The van der Waals surface area contributed by atoms with Gasteiger partial charge in [0.2, 0.25) is 0 Å². The summed E-state index contributed by atoms with van der Waals surface area (Å²) in [6, 6.07) is 8.02. The molecule has 0 amide bonds. The first-order chi connectivity index (χ1) is 7.70. The smallest absolute Gasteiger partial charge is 0.143 e. The molecule has 0 saturated heterocycles. The van der Waals surface area contributed by atoms with E-state index in [1.807, 2.05) is 18.2 Å². The fraction of sp³-hybridized carbons (Fsp3) is 0.538. The van der Waals surface area contributed by atoms with E-state index in [-0.39, 0.29) is 12.7 Å². The van der Waals surface area contributed by atoms with Crippen LogP contribution >= 0.6 is 0 Å². The maximum Gasteiger partial charge on any atom is 0.143 e. The summed E-state index contributed by atoms with van der Waals surface area (Å²) in [6.07, 6.45) is -0.103. The van der Waals surface area contributed by atoms with Crippen molar-refractivity contribution in [2.45, 2.75) is 20.0 Å². The number of benzene rings is 1. The van der Waals surface area contributed by atoms with E-state index < -0.39 is 0 Å². The molecule has 1 N–H and O–H groups in total. The molecule has 3 nitrogen and oxygen atoms in total. The number of fused-ring (bicyclic) bond motifs is 1. The number of rotatable bonds is 3. The Bertz CT molecular complexity index is 352. The molecule has 88 valence electrons. The maximum absolute atomic E-state index is 9.22. The molecular weight excluding hydrogens is 202 g/mol. The SMILES string of the molecule is CC(C)CN1CC(CO)Oc2ccccc21. The highest BCUT2D eigenvalue weighted by atomic mass is 16.5. The summed E-state index contributed by atoms with van der Waals surface area (Å²) in [5.74, 6) is 1.49. The molecule has 1 unspecified atom stereocenters. The Hall–Kier alpha value is -1.22. The minimum absolute atomic E-state index is 0.0724. The maximum atomic E-state index is 9.22. The fourth-order valence-corrected chi connectivity index (χ4v) is 2.09. The minimum atomic E-state index is -0.103. The lowest BCUT2D eigenvalue weighted by Gasteiger charge is -2.36. The minimum Gasteiger partial charge on any atom is -0.484 e. The van der Waals surface area contributed by atoms with Gasteiger partial charge >= 0.3 is 0 Å². The van der Waals surface area contributed by atoms with Crippen molar-refractivity contribution in [2.24, 2.45) is 5.92 Å². The Kier molecular flexibility index (Phi) is 3.34. The zero-order valence-electron chi connectivity index (χ0n) is 9.89. The molecule has 1 atom stereocenters. The van der Waals surface area contributed by atoms with E-state index in [2.05, 4.69) is 24.8 Å². The van der Waals surface area contributed by atoms with Gasteiger partial charge in [0.05, 0.1) is 18.8 Å². The zero-order chi connectivity index (χ0) is 11.5. The molecule has 0 spiro atoms. The molecule has 1 aromatic rings. The van der Waals surface area contributed by atoms with E-state index in [9.17, 15) is 5.11 Å². The van der Waals surface area contributed by atoms with Gasteiger partial charge in [0.15, 0.2) is 0 Å².